The van der Waals surface area contributed by atoms with E-state index in [1.807, 2.05) is 53.5 Å². The third-order valence-corrected chi connectivity index (χ3v) is 13.0. The fourth-order valence-corrected chi connectivity index (χ4v) is 10.2. The van der Waals surface area contributed by atoms with Gasteiger partial charge in [0.05, 0.1) is 4.08 Å². The summed E-state index contributed by atoms with van der Waals surface area (Å²) in [4.78, 5) is 13.7. The molecule has 3 N–H and O–H groups in total. The maximum absolute atomic E-state index is 12.2. The lowest BCUT2D eigenvalue weighted by atomic mass is 10.1. The minimum atomic E-state index is -0.228. The lowest BCUT2D eigenvalue weighted by Crippen LogP contribution is -2.43. The fraction of sp³-hybridized carbons (Fsp3) is 0.333. The van der Waals surface area contributed by atoms with Gasteiger partial charge in [-0.1, -0.05) is 18.2 Å². The summed E-state index contributed by atoms with van der Waals surface area (Å²) in [5.41, 5.74) is 8.33. The van der Waals surface area contributed by atoms with Crippen LogP contribution in [-0.4, -0.2) is 40.6 Å². The number of benzene rings is 2. The first-order valence-electron chi connectivity index (χ1n) is 9.37. The molecule has 0 fully saturated rings. The van der Waals surface area contributed by atoms with E-state index in [9.17, 15) is 4.79 Å². The first kappa shape index (κ1) is 23.7. The molecule has 2 atom stereocenters. The molecule has 4 nitrogen and oxygen atoms in total. The SMILES string of the molecule is CSC1CC(SC)(SC)c2cc(NC(=S)NNC(=O)c3ccccc3)ccc2[SH]1C. The van der Waals surface area contributed by atoms with Gasteiger partial charge in [0.25, 0.3) is 5.91 Å². The van der Waals surface area contributed by atoms with Crippen LogP contribution in [0.1, 0.15) is 22.3 Å². The molecule has 0 bridgehead atoms. The maximum Gasteiger partial charge on any atom is 0.269 e. The van der Waals surface area contributed by atoms with Gasteiger partial charge in [-0.05, 0) is 84.5 Å². The van der Waals surface area contributed by atoms with Gasteiger partial charge < -0.3 is 5.32 Å². The van der Waals surface area contributed by atoms with E-state index in [-0.39, 0.29) is 20.9 Å². The number of thiol groups is 1. The van der Waals surface area contributed by atoms with Crippen LogP contribution >= 0.6 is 58.4 Å². The lowest BCUT2D eigenvalue weighted by molar-refractivity contribution is 0.0944. The molecule has 0 radical (unpaired) electrons. The highest BCUT2D eigenvalue weighted by Gasteiger charge is 2.41. The summed E-state index contributed by atoms with van der Waals surface area (Å²) in [5.74, 6) is -0.228. The lowest BCUT2D eigenvalue weighted by Gasteiger charge is -2.45. The Bertz CT molecular complexity index is 905. The monoisotopic (exact) mass is 497 g/mol. The number of amides is 1. The second-order valence-electron chi connectivity index (χ2n) is 6.80. The van der Waals surface area contributed by atoms with E-state index in [4.69, 9.17) is 12.2 Å². The second kappa shape index (κ2) is 10.5. The number of hydrogen-bond acceptors (Lipinski definition) is 5. The van der Waals surface area contributed by atoms with Crippen molar-refractivity contribution in [3.63, 3.8) is 0 Å². The molecule has 1 heterocycles. The summed E-state index contributed by atoms with van der Waals surface area (Å²) in [6, 6.07) is 15.6. The third kappa shape index (κ3) is 5.07. The average molecular weight is 498 g/mol. The number of carbonyl (C=O) groups excluding carboxylic acids is 1. The maximum atomic E-state index is 12.2. The topological polar surface area (TPSA) is 53.2 Å². The van der Waals surface area contributed by atoms with Gasteiger partial charge in [0.2, 0.25) is 0 Å². The summed E-state index contributed by atoms with van der Waals surface area (Å²) >= 11 is 11.2. The number of hydrogen-bond donors (Lipinski definition) is 4. The van der Waals surface area contributed by atoms with Crippen LogP contribution in [0, 0.1) is 0 Å². The molecular weight excluding hydrogens is 471 g/mol. The van der Waals surface area contributed by atoms with Gasteiger partial charge >= 0.3 is 0 Å². The van der Waals surface area contributed by atoms with Gasteiger partial charge in [0.1, 0.15) is 0 Å². The zero-order valence-corrected chi connectivity index (χ0v) is 21.6. The number of thioether (sulfide) groups is 3. The molecule has 1 aliphatic rings. The molecular formula is C21H27N3OS5. The van der Waals surface area contributed by atoms with E-state index in [0.29, 0.717) is 15.3 Å². The van der Waals surface area contributed by atoms with Crippen molar-refractivity contribution in [2.24, 2.45) is 0 Å². The third-order valence-electron chi connectivity index (χ3n) is 5.18. The van der Waals surface area contributed by atoms with Crippen molar-refractivity contribution in [2.45, 2.75) is 20.0 Å². The van der Waals surface area contributed by atoms with Crippen molar-refractivity contribution in [1.82, 2.24) is 10.9 Å². The highest BCUT2D eigenvalue weighted by atomic mass is 32.2. The molecule has 2 aromatic carbocycles. The Morgan fingerprint density at radius 1 is 1.10 bits per heavy atom. The number of fused-ring (bicyclic) bond motifs is 1. The Hall–Kier alpha value is -1.00. The first-order valence-corrected chi connectivity index (χ1v) is 15.4. The minimum Gasteiger partial charge on any atom is -0.331 e. The van der Waals surface area contributed by atoms with Gasteiger partial charge in [-0.15, -0.1) is 23.5 Å². The van der Waals surface area contributed by atoms with Gasteiger partial charge in [-0.25, -0.2) is 10.9 Å². The Morgan fingerprint density at radius 2 is 1.80 bits per heavy atom. The normalized spacial score (nSPS) is 20.7. The van der Waals surface area contributed by atoms with Crippen LogP contribution in [0.5, 0.6) is 0 Å². The van der Waals surface area contributed by atoms with E-state index in [1.54, 1.807) is 12.1 Å². The standard InChI is InChI=1S/C21H27N3OS5/c1-27-18-13-21(28-2,29-3)16-12-15(10-11-17(16)30(18)4)22-20(26)24-23-19(25)14-8-6-5-7-9-14/h5-12,18,30H,13H2,1-4H3,(H,23,25)(H2,22,24,26). The van der Waals surface area contributed by atoms with Gasteiger partial charge in [-0.2, -0.15) is 11.8 Å². The smallest absolute Gasteiger partial charge is 0.269 e. The van der Waals surface area contributed by atoms with Crippen LogP contribution in [0.15, 0.2) is 53.4 Å². The number of nitrogens with one attached hydrogen (secondary N) is 3. The van der Waals surface area contributed by atoms with Gasteiger partial charge in [0, 0.05) is 15.8 Å². The summed E-state index contributed by atoms with van der Waals surface area (Å²) in [6.45, 7) is 0. The molecule has 0 aromatic heterocycles. The van der Waals surface area contributed by atoms with Crippen molar-refractivity contribution >= 4 is 75.1 Å². The predicted octanol–water partition coefficient (Wildman–Crippen LogP) is 5.28. The van der Waals surface area contributed by atoms with E-state index in [2.05, 4.69) is 59.4 Å². The Morgan fingerprint density at radius 3 is 2.43 bits per heavy atom. The Labute approximate surface area is 199 Å². The van der Waals surface area contributed by atoms with Crippen molar-refractivity contribution in [3.05, 3.63) is 59.7 Å². The Kier molecular flexibility index (Phi) is 8.31. The number of anilines is 1. The molecule has 1 aliphatic heterocycles. The molecule has 9 heteroatoms. The van der Waals surface area contributed by atoms with Gasteiger partial charge in [0.15, 0.2) is 5.11 Å². The average Bonchev–Trinajstić information content (AvgIpc) is 2.79. The van der Waals surface area contributed by atoms with Crippen molar-refractivity contribution < 1.29 is 4.79 Å². The molecule has 1 amide bonds. The molecule has 162 valence electrons. The van der Waals surface area contributed by atoms with Crippen LogP contribution in [0.2, 0.25) is 0 Å². The number of thiocarbonyl (C=S) groups is 1. The Balaban J connectivity index is 1.74. The van der Waals surface area contributed by atoms with E-state index >= 15 is 0 Å². The van der Waals surface area contributed by atoms with E-state index in [1.165, 1.54) is 10.5 Å². The summed E-state index contributed by atoms with van der Waals surface area (Å²) in [6.07, 6.45) is 10.2. The molecule has 0 saturated heterocycles. The fourth-order valence-electron chi connectivity index (χ4n) is 3.51. The molecule has 2 unspecified atom stereocenters. The van der Waals surface area contributed by atoms with Gasteiger partial charge in [-0.3, -0.25) is 15.6 Å². The van der Waals surface area contributed by atoms with Crippen LogP contribution in [0.4, 0.5) is 5.69 Å². The zero-order valence-electron chi connectivity index (χ0n) is 17.4. The first-order chi connectivity index (χ1) is 14.4. The predicted molar refractivity (Wildman–Crippen MR) is 144 cm³/mol. The van der Waals surface area contributed by atoms with Crippen LogP contribution in [-0.2, 0) is 4.08 Å². The van der Waals surface area contributed by atoms with E-state index in [0.717, 1.165) is 12.1 Å². The molecule has 2 aromatic rings. The quantitative estimate of drug-likeness (QED) is 0.194. The highest BCUT2D eigenvalue weighted by molar-refractivity contribution is 8.27. The molecule has 3 rings (SSSR count). The van der Waals surface area contributed by atoms with Crippen molar-refractivity contribution in [2.75, 3.05) is 30.3 Å². The number of carbonyl (C=O) groups is 1. The van der Waals surface area contributed by atoms with Crippen molar-refractivity contribution in [1.29, 1.82) is 0 Å². The second-order valence-corrected chi connectivity index (χ2v) is 13.4. The van der Waals surface area contributed by atoms with Crippen molar-refractivity contribution in [3.8, 4) is 0 Å². The number of rotatable bonds is 5. The van der Waals surface area contributed by atoms with Crippen LogP contribution in [0.25, 0.3) is 0 Å². The molecule has 0 saturated carbocycles. The molecule has 0 aliphatic carbocycles. The minimum absolute atomic E-state index is 0.0477. The number of hydrazine groups is 1. The van der Waals surface area contributed by atoms with Crippen LogP contribution in [0.3, 0.4) is 0 Å². The molecule has 0 spiro atoms. The summed E-state index contributed by atoms with van der Waals surface area (Å²) in [7, 11) is -0.212. The largest absolute Gasteiger partial charge is 0.331 e. The zero-order chi connectivity index (χ0) is 21.7. The summed E-state index contributed by atoms with van der Waals surface area (Å²) in [5, 5.41) is 3.57. The highest BCUT2D eigenvalue weighted by Crippen LogP contribution is 2.62. The summed E-state index contributed by atoms with van der Waals surface area (Å²) < 4.78 is 0.716. The van der Waals surface area contributed by atoms with Crippen LogP contribution < -0.4 is 16.2 Å². The van der Waals surface area contributed by atoms with E-state index < -0.39 is 0 Å². The molecule has 30 heavy (non-hydrogen) atoms.